The second kappa shape index (κ2) is 9.76. The van der Waals surface area contributed by atoms with Gasteiger partial charge < -0.3 is 10.2 Å². The van der Waals surface area contributed by atoms with Crippen LogP contribution in [-0.2, 0) is 23.1 Å². The molecule has 0 atom stereocenters. The van der Waals surface area contributed by atoms with Crippen molar-refractivity contribution in [3.8, 4) is 0 Å². The summed E-state index contributed by atoms with van der Waals surface area (Å²) in [7, 11) is 0.224. The third-order valence-corrected chi connectivity index (χ3v) is 6.03. The number of sulfonamides is 1. The lowest BCUT2D eigenvalue weighted by atomic mass is 10.1. The average molecular weight is 438 g/mol. The van der Waals surface area contributed by atoms with Gasteiger partial charge in [0.25, 0.3) is 15.9 Å². The van der Waals surface area contributed by atoms with E-state index in [1.807, 2.05) is 51.4 Å². The van der Waals surface area contributed by atoms with E-state index in [2.05, 4.69) is 14.9 Å². The minimum Gasteiger partial charge on any atom is -0.348 e. The molecule has 0 bridgehead atoms. The first-order valence-corrected chi connectivity index (χ1v) is 11.4. The van der Waals surface area contributed by atoms with Crippen LogP contribution in [0, 0.1) is 6.92 Å². The lowest BCUT2D eigenvalue weighted by Gasteiger charge is -2.11. The van der Waals surface area contributed by atoms with Crippen LogP contribution in [0.4, 0.5) is 5.69 Å². The maximum Gasteiger partial charge on any atom is 0.261 e. The highest BCUT2D eigenvalue weighted by Gasteiger charge is 2.16. The Kier molecular flexibility index (Phi) is 7.09. The summed E-state index contributed by atoms with van der Waals surface area (Å²) in [6.45, 7) is 3.10. The summed E-state index contributed by atoms with van der Waals surface area (Å²) < 4.78 is 28.0. The summed E-state index contributed by atoms with van der Waals surface area (Å²) in [5.41, 5.74) is 3.88. The quantitative estimate of drug-likeness (QED) is 0.562. The number of hydrogen-bond donors (Lipinski definition) is 2. The van der Waals surface area contributed by atoms with Crippen molar-refractivity contribution in [2.24, 2.45) is 0 Å². The summed E-state index contributed by atoms with van der Waals surface area (Å²) >= 11 is 0. The molecule has 31 heavy (non-hydrogen) atoms. The van der Waals surface area contributed by atoms with Crippen molar-refractivity contribution in [1.29, 1.82) is 0 Å². The minimum absolute atomic E-state index is 0.0368. The van der Waals surface area contributed by atoms with Crippen LogP contribution in [-0.4, -0.2) is 33.3 Å². The molecule has 7 heteroatoms. The maximum absolute atomic E-state index is 12.7. The largest absolute Gasteiger partial charge is 0.348 e. The van der Waals surface area contributed by atoms with Gasteiger partial charge in [0, 0.05) is 24.3 Å². The fraction of sp³-hybridized carbons (Fsp3) is 0.208. The molecular formula is C24H27N3O3S. The molecule has 3 rings (SSSR count). The Hall–Kier alpha value is -3.16. The van der Waals surface area contributed by atoms with Crippen LogP contribution in [0.2, 0.25) is 0 Å². The number of hydrogen-bond acceptors (Lipinski definition) is 4. The van der Waals surface area contributed by atoms with Crippen LogP contribution in [0.25, 0.3) is 0 Å². The fourth-order valence-corrected chi connectivity index (χ4v) is 4.23. The molecule has 0 unspecified atom stereocenters. The highest BCUT2D eigenvalue weighted by Crippen LogP contribution is 2.18. The molecule has 0 heterocycles. The van der Waals surface area contributed by atoms with E-state index in [0.717, 1.165) is 17.7 Å². The van der Waals surface area contributed by atoms with Gasteiger partial charge in [-0.25, -0.2) is 8.42 Å². The summed E-state index contributed by atoms with van der Waals surface area (Å²) in [4.78, 5) is 14.7. The predicted molar refractivity (Wildman–Crippen MR) is 123 cm³/mol. The van der Waals surface area contributed by atoms with E-state index in [9.17, 15) is 13.2 Å². The van der Waals surface area contributed by atoms with Gasteiger partial charge in [0.1, 0.15) is 0 Å². The van der Waals surface area contributed by atoms with Gasteiger partial charge in [-0.3, -0.25) is 9.52 Å². The highest BCUT2D eigenvalue weighted by molar-refractivity contribution is 7.92. The predicted octanol–water partition coefficient (Wildman–Crippen LogP) is 3.79. The maximum atomic E-state index is 12.7. The van der Waals surface area contributed by atoms with E-state index in [-0.39, 0.29) is 16.4 Å². The molecule has 0 saturated heterocycles. The van der Waals surface area contributed by atoms with E-state index >= 15 is 0 Å². The number of anilines is 1. The number of benzene rings is 3. The topological polar surface area (TPSA) is 78.5 Å². The van der Waals surface area contributed by atoms with E-state index in [0.29, 0.717) is 12.2 Å². The second-order valence-corrected chi connectivity index (χ2v) is 9.42. The number of aryl methyl sites for hydroxylation is 1. The zero-order valence-electron chi connectivity index (χ0n) is 17.9. The number of nitrogens with one attached hydrogen (secondary N) is 2. The number of carbonyl (C=O) groups is 1. The van der Waals surface area contributed by atoms with Gasteiger partial charge in [0.2, 0.25) is 0 Å². The third kappa shape index (κ3) is 6.41. The second-order valence-electron chi connectivity index (χ2n) is 7.74. The van der Waals surface area contributed by atoms with E-state index in [1.165, 1.54) is 17.7 Å². The molecule has 3 aromatic carbocycles. The Morgan fingerprint density at radius 2 is 1.58 bits per heavy atom. The first kappa shape index (κ1) is 22.5. The molecule has 0 aliphatic heterocycles. The molecule has 0 spiro atoms. The van der Waals surface area contributed by atoms with Gasteiger partial charge in [0.05, 0.1) is 4.90 Å². The van der Waals surface area contributed by atoms with Crippen molar-refractivity contribution < 1.29 is 13.2 Å². The molecule has 162 valence electrons. The summed E-state index contributed by atoms with van der Waals surface area (Å²) in [5, 5.41) is 2.85. The molecule has 0 aliphatic carbocycles. The Morgan fingerprint density at radius 1 is 0.903 bits per heavy atom. The number of carbonyl (C=O) groups excluding carboxylic acids is 1. The summed E-state index contributed by atoms with van der Waals surface area (Å²) in [5.74, 6) is -0.329. The van der Waals surface area contributed by atoms with Gasteiger partial charge >= 0.3 is 0 Å². The lowest BCUT2D eigenvalue weighted by Crippen LogP contribution is -2.23. The molecule has 0 saturated carbocycles. The van der Waals surface area contributed by atoms with Crippen LogP contribution in [0.1, 0.15) is 27.0 Å². The van der Waals surface area contributed by atoms with E-state index < -0.39 is 10.0 Å². The smallest absolute Gasteiger partial charge is 0.261 e. The van der Waals surface area contributed by atoms with Gasteiger partial charge in [-0.15, -0.1) is 0 Å². The lowest BCUT2D eigenvalue weighted by molar-refractivity contribution is 0.0950. The molecule has 0 fully saturated rings. The Balaban J connectivity index is 1.67. The minimum atomic E-state index is -3.80. The monoisotopic (exact) mass is 437 g/mol. The third-order valence-electron chi connectivity index (χ3n) is 4.65. The molecular weight excluding hydrogens is 410 g/mol. The Labute approximate surface area is 184 Å². The van der Waals surface area contributed by atoms with Gasteiger partial charge in [0.15, 0.2) is 0 Å². The molecule has 1 amide bonds. The standard InChI is InChI=1S/C24H27N3O3S/c1-18-6-4-8-22(14-18)26-31(29,30)23-9-5-7-21(15-23)24(28)25-16-19-10-12-20(13-11-19)17-27(2)3/h4-15,26H,16-17H2,1-3H3,(H,25,28). The average Bonchev–Trinajstić information content (AvgIpc) is 2.72. The summed E-state index contributed by atoms with van der Waals surface area (Å²) in [6.07, 6.45) is 0. The van der Waals surface area contributed by atoms with Gasteiger partial charge in [-0.2, -0.15) is 0 Å². The zero-order valence-corrected chi connectivity index (χ0v) is 18.7. The van der Waals surface area contributed by atoms with Crippen LogP contribution < -0.4 is 10.0 Å². The van der Waals surface area contributed by atoms with Crippen molar-refractivity contribution in [3.05, 3.63) is 95.1 Å². The molecule has 0 aliphatic rings. The van der Waals surface area contributed by atoms with Crippen LogP contribution in [0.3, 0.4) is 0 Å². The van der Waals surface area contributed by atoms with Crippen molar-refractivity contribution in [1.82, 2.24) is 10.2 Å². The Morgan fingerprint density at radius 3 is 2.26 bits per heavy atom. The van der Waals surface area contributed by atoms with Crippen molar-refractivity contribution in [3.63, 3.8) is 0 Å². The SMILES string of the molecule is Cc1cccc(NS(=O)(=O)c2cccc(C(=O)NCc3ccc(CN(C)C)cc3)c2)c1. The van der Waals surface area contributed by atoms with Crippen LogP contribution in [0.15, 0.2) is 77.7 Å². The van der Waals surface area contributed by atoms with Crippen LogP contribution in [0.5, 0.6) is 0 Å². The molecule has 0 aromatic heterocycles. The first-order valence-electron chi connectivity index (χ1n) is 9.93. The number of amides is 1. The first-order chi connectivity index (χ1) is 14.7. The zero-order chi connectivity index (χ0) is 22.4. The number of rotatable bonds is 8. The van der Waals surface area contributed by atoms with Gasteiger partial charge in [-0.05, 0) is 68.0 Å². The normalized spacial score (nSPS) is 11.4. The van der Waals surface area contributed by atoms with Crippen molar-refractivity contribution in [2.45, 2.75) is 24.9 Å². The highest BCUT2D eigenvalue weighted by atomic mass is 32.2. The molecule has 3 aromatic rings. The van der Waals surface area contributed by atoms with Crippen molar-refractivity contribution in [2.75, 3.05) is 18.8 Å². The molecule has 2 N–H and O–H groups in total. The van der Waals surface area contributed by atoms with Crippen LogP contribution >= 0.6 is 0 Å². The van der Waals surface area contributed by atoms with Crippen molar-refractivity contribution >= 4 is 21.6 Å². The Bertz CT molecular complexity index is 1160. The number of nitrogens with zero attached hydrogens (tertiary/aromatic N) is 1. The van der Waals surface area contributed by atoms with E-state index in [1.54, 1.807) is 30.3 Å². The van der Waals surface area contributed by atoms with Gasteiger partial charge in [-0.1, -0.05) is 42.5 Å². The van der Waals surface area contributed by atoms with E-state index in [4.69, 9.17) is 0 Å². The molecule has 0 radical (unpaired) electrons. The fourth-order valence-electron chi connectivity index (χ4n) is 3.14. The molecule has 6 nitrogen and oxygen atoms in total. The summed E-state index contributed by atoms with van der Waals surface area (Å²) in [6, 6.07) is 21.1.